The zero-order valence-electron chi connectivity index (χ0n) is 16.1. The van der Waals surface area contributed by atoms with Crippen LogP contribution in [0.25, 0.3) is 0 Å². The number of hydrogen-bond acceptors (Lipinski definition) is 6. The Morgan fingerprint density at radius 1 is 1.14 bits per heavy atom. The zero-order valence-corrected chi connectivity index (χ0v) is 17.7. The van der Waals surface area contributed by atoms with Crippen molar-refractivity contribution in [3.63, 3.8) is 0 Å². The molecule has 0 bridgehead atoms. The highest BCUT2D eigenvalue weighted by atomic mass is 32.2. The number of benzene rings is 2. The predicted molar refractivity (Wildman–Crippen MR) is 118 cm³/mol. The second-order valence-electron chi connectivity index (χ2n) is 5.96. The van der Waals surface area contributed by atoms with Gasteiger partial charge in [0.2, 0.25) is 5.16 Å². The van der Waals surface area contributed by atoms with Crippen LogP contribution in [-0.2, 0) is 12.2 Å². The Hall–Kier alpha value is -2.91. The minimum Gasteiger partial charge on any atom is -0.496 e. The van der Waals surface area contributed by atoms with Crippen LogP contribution in [0.15, 0.2) is 59.8 Å². The molecule has 150 valence electrons. The molecule has 3 rings (SSSR count). The van der Waals surface area contributed by atoms with Crippen molar-refractivity contribution in [1.29, 1.82) is 0 Å². The van der Waals surface area contributed by atoms with Gasteiger partial charge in [0.15, 0.2) is 10.9 Å². The van der Waals surface area contributed by atoms with E-state index in [1.807, 2.05) is 25.1 Å². The van der Waals surface area contributed by atoms with Gasteiger partial charge in [0, 0.05) is 12.2 Å². The number of hydrogen-bond donors (Lipinski definition) is 2. The average Bonchev–Trinajstić information content (AvgIpc) is 3.14. The smallest absolute Gasteiger partial charge is 0.261 e. The molecule has 0 unspecified atom stereocenters. The maximum atomic E-state index is 12.5. The molecule has 0 aliphatic rings. The van der Waals surface area contributed by atoms with E-state index in [9.17, 15) is 4.79 Å². The van der Waals surface area contributed by atoms with Crippen LogP contribution in [-0.4, -0.2) is 33.0 Å². The average molecular weight is 428 g/mol. The van der Waals surface area contributed by atoms with Crippen LogP contribution >= 0.6 is 24.0 Å². The second kappa shape index (κ2) is 10.0. The maximum Gasteiger partial charge on any atom is 0.261 e. The van der Waals surface area contributed by atoms with Gasteiger partial charge in [0.25, 0.3) is 5.91 Å². The molecule has 2 aromatic carbocycles. The van der Waals surface area contributed by atoms with Crippen LogP contribution in [0, 0.1) is 0 Å². The fourth-order valence-corrected chi connectivity index (χ4v) is 3.64. The van der Waals surface area contributed by atoms with E-state index in [4.69, 9.17) is 17.0 Å². The third kappa shape index (κ3) is 5.33. The van der Waals surface area contributed by atoms with Crippen LogP contribution in [0.4, 0.5) is 0 Å². The standard InChI is InChI=1S/C20H21N5O2S2/c1-3-17-22-23-20(29-13-14-9-5-4-6-10-14)25(17)24-19(28)21-18(26)15-11-7-8-12-16(15)27-2/h4-12H,3,13H2,1-2H3,(H2,21,24,26,28). The van der Waals surface area contributed by atoms with Gasteiger partial charge in [-0.25, -0.2) is 4.68 Å². The Balaban J connectivity index is 1.69. The number of carbonyl (C=O) groups excluding carboxylic acids is 1. The molecular weight excluding hydrogens is 406 g/mol. The van der Waals surface area contributed by atoms with E-state index in [0.717, 1.165) is 11.6 Å². The van der Waals surface area contributed by atoms with E-state index >= 15 is 0 Å². The molecule has 3 aromatic rings. The summed E-state index contributed by atoms with van der Waals surface area (Å²) in [6.45, 7) is 1.98. The number of nitrogens with zero attached hydrogens (tertiary/aromatic N) is 3. The SMILES string of the molecule is CCc1nnc(SCc2ccccc2)n1NC(=S)NC(=O)c1ccccc1OC. The fraction of sp³-hybridized carbons (Fsp3) is 0.200. The number of ether oxygens (including phenoxy) is 1. The molecule has 1 amide bonds. The summed E-state index contributed by atoms with van der Waals surface area (Å²) in [4.78, 5) is 12.5. The first-order valence-electron chi connectivity index (χ1n) is 8.98. The minimum absolute atomic E-state index is 0.150. The summed E-state index contributed by atoms with van der Waals surface area (Å²) in [6, 6.07) is 17.1. The highest BCUT2D eigenvalue weighted by molar-refractivity contribution is 7.98. The molecule has 1 aromatic heterocycles. The summed E-state index contributed by atoms with van der Waals surface area (Å²) >= 11 is 6.87. The van der Waals surface area contributed by atoms with Crippen molar-refractivity contribution < 1.29 is 9.53 Å². The molecule has 2 N–H and O–H groups in total. The molecule has 0 saturated heterocycles. The van der Waals surface area contributed by atoms with E-state index in [1.165, 1.54) is 24.4 Å². The number of aromatic nitrogens is 3. The number of rotatable bonds is 7. The first-order valence-corrected chi connectivity index (χ1v) is 10.4. The largest absolute Gasteiger partial charge is 0.496 e. The molecule has 0 atom stereocenters. The normalized spacial score (nSPS) is 10.4. The third-order valence-corrected chi connectivity index (χ3v) is 5.21. The number of thioether (sulfide) groups is 1. The second-order valence-corrected chi connectivity index (χ2v) is 7.31. The highest BCUT2D eigenvalue weighted by Gasteiger charge is 2.16. The Kier molecular flexibility index (Phi) is 7.20. The summed E-state index contributed by atoms with van der Waals surface area (Å²) in [5.74, 6) is 1.58. The van der Waals surface area contributed by atoms with Gasteiger partial charge in [0.1, 0.15) is 5.75 Å². The minimum atomic E-state index is -0.357. The number of methoxy groups -OCH3 is 1. The quantitative estimate of drug-likeness (QED) is 0.442. The Morgan fingerprint density at radius 3 is 2.59 bits per heavy atom. The molecule has 29 heavy (non-hydrogen) atoms. The van der Waals surface area contributed by atoms with Crippen molar-refractivity contribution >= 4 is 35.0 Å². The molecule has 0 spiro atoms. The van der Waals surface area contributed by atoms with Crippen molar-refractivity contribution in [1.82, 2.24) is 20.2 Å². The number of aryl methyl sites for hydroxylation is 1. The summed E-state index contributed by atoms with van der Waals surface area (Å²) in [7, 11) is 1.52. The van der Waals surface area contributed by atoms with E-state index in [2.05, 4.69) is 33.1 Å². The van der Waals surface area contributed by atoms with E-state index < -0.39 is 0 Å². The molecule has 1 heterocycles. The lowest BCUT2D eigenvalue weighted by molar-refractivity contribution is 0.0974. The van der Waals surface area contributed by atoms with E-state index in [-0.39, 0.29) is 11.0 Å². The molecule has 0 radical (unpaired) electrons. The highest BCUT2D eigenvalue weighted by Crippen LogP contribution is 2.21. The summed E-state index contributed by atoms with van der Waals surface area (Å²) < 4.78 is 6.94. The van der Waals surface area contributed by atoms with Gasteiger partial charge in [-0.15, -0.1) is 10.2 Å². The number of carbonyl (C=O) groups is 1. The van der Waals surface area contributed by atoms with E-state index in [1.54, 1.807) is 28.9 Å². The van der Waals surface area contributed by atoms with Crippen LogP contribution in [0.1, 0.15) is 28.7 Å². The van der Waals surface area contributed by atoms with E-state index in [0.29, 0.717) is 22.9 Å². The predicted octanol–water partition coefficient (Wildman–Crippen LogP) is 3.40. The lowest BCUT2D eigenvalue weighted by Crippen LogP contribution is -2.39. The number of nitrogens with one attached hydrogen (secondary N) is 2. The van der Waals surface area contributed by atoms with Crippen LogP contribution in [0.2, 0.25) is 0 Å². The molecule has 0 aliphatic heterocycles. The molecule has 0 aliphatic carbocycles. The van der Waals surface area contributed by atoms with Crippen molar-refractivity contribution in [3.8, 4) is 5.75 Å². The summed E-state index contributed by atoms with van der Waals surface area (Å²) in [5.41, 5.74) is 4.59. The van der Waals surface area contributed by atoms with Crippen molar-refractivity contribution in [3.05, 3.63) is 71.5 Å². The Bertz CT molecular complexity index is 992. The molecule has 0 fully saturated rings. The van der Waals surface area contributed by atoms with Crippen LogP contribution in [0.5, 0.6) is 5.75 Å². The maximum absolute atomic E-state index is 12.5. The first-order chi connectivity index (χ1) is 14.1. The Morgan fingerprint density at radius 2 is 1.86 bits per heavy atom. The number of para-hydroxylation sites is 1. The number of thiocarbonyl (C=S) groups is 1. The Labute approximate surface area is 178 Å². The lowest BCUT2D eigenvalue weighted by Gasteiger charge is -2.14. The first kappa shape index (κ1) is 20.8. The summed E-state index contributed by atoms with van der Waals surface area (Å²) in [5, 5.41) is 11.9. The fourth-order valence-electron chi connectivity index (χ4n) is 2.59. The van der Waals surface area contributed by atoms with Gasteiger partial charge < -0.3 is 4.74 Å². The van der Waals surface area contributed by atoms with Crippen molar-refractivity contribution in [2.45, 2.75) is 24.3 Å². The van der Waals surface area contributed by atoms with Crippen LogP contribution in [0.3, 0.4) is 0 Å². The molecule has 0 saturated carbocycles. The zero-order chi connectivity index (χ0) is 20.6. The summed E-state index contributed by atoms with van der Waals surface area (Å²) in [6.07, 6.45) is 0.662. The molecular formula is C20H21N5O2S2. The molecule has 7 nitrogen and oxygen atoms in total. The van der Waals surface area contributed by atoms with Crippen molar-refractivity contribution in [2.24, 2.45) is 0 Å². The molecule has 9 heteroatoms. The monoisotopic (exact) mass is 427 g/mol. The number of amides is 1. The van der Waals surface area contributed by atoms with Gasteiger partial charge in [-0.2, -0.15) is 0 Å². The van der Waals surface area contributed by atoms with Gasteiger partial charge in [-0.1, -0.05) is 61.2 Å². The lowest BCUT2D eigenvalue weighted by atomic mass is 10.2. The van der Waals surface area contributed by atoms with Crippen molar-refractivity contribution in [2.75, 3.05) is 12.5 Å². The third-order valence-electron chi connectivity index (χ3n) is 4.02. The van der Waals surface area contributed by atoms with Crippen LogP contribution < -0.4 is 15.5 Å². The van der Waals surface area contributed by atoms with Gasteiger partial charge >= 0.3 is 0 Å². The van der Waals surface area contributed by atoms with Gasteiger partial charge in [-0.05, 0) is 29.9 Å². The topological polar surface area (TPSA) is 81.1 Å². The van der Waals surface area contributed by atoms with Gasteiger partial charge in [0.05, 0.1) is 12.7 Å². The van der Waals surface area contributed by atoms with Gasteiger partial charge in [-0.3, -0.25) is 15.5 Å².